The first-order valence-corrected chi connectivity index (χ1v) is 6.86. The normalized spacial score (nSPS) is 12.3. The van der Waals surface area contributed by atoms with Gasteiger partial charge in [-0.25, -0.2) is 4.79 Å². The van der Waals surface area contributed by atoms with Crippen molar-refractivity contribution in [1.29, 1.82) is 0 Å². The first-order valence-electron chi connectivity index (χ1n) is 6.86. The molecule has 0 spiro atoms. The summed E-state index contributed by atoms with van der Waals surface area (Å²) < 4.78 is 42.4. The molecule has 0 saturated heterocycles. The van der Waals surface area contributed by atoms with Crippen molar-refractivity contribution in [2.24, 2.45) is 0 Å². The van der Waals surface area contributed by atoms with Gasteiger partial charge in [0.15, 0.2) is 6.10 Å². The number of hydrogen-bond acceptors (Lipinski definition) is 4. The van der Waals surface area contributed by atoms with Crippen molar-refractivity contribution in [3.05, 3.63) is 59.9 Å². The van der Waals surface area contributed by atoms with E-state index in [1.54, 1.807) is 6.07 Å². The number of carbonyl (C=O) groups excluding carboxylic acids is 2. The van der Waals surface area contributed by atoms with Gasteiger partial charge in [0.1, 0.15) is 0 Å². The molecule has 0 bridgehead atoms. The average molecular weight is 338 g/mol. The lowest BCUT2D eigenvalue weighted by atomic mass is 10.2. The molecule has 1 heterocycles. The van der Waals surface area contributed by atoms with E-state index in [0.29, 0.717) is 0 Å². The quantitative estimate of drug-likeness (QED) is 0.869. The molecule has 1 aromatic carbocycles. The van der Waals surface area contributed by atoms with Crippen LogP contribution in [0, 0.1) is 0 Å². The number of anilines is 1. The molecule has 5 nitrogen and oxygen atoms in total. The van der Waals surface area contributed by atoms with Crippen LogP contribution in [0.1, 0.15) is 22.8 Å². The zero-order chi connectivity index (χ0) is 17.7. The SMILES string of the molecule is C[C@H](OC(=O)c1cccnc1)C(=O)Nc1ccc(C(F)(F)F)cc1. The van der Waals surface area contributed by atoms with Crippen molar-refractivity contribution in [2.45, 2.75) is 19.2 Å². The standard InChI is InChI=1S/C16H13F3N2O3/c1-10(24-15(23)11-3-2-8-20-9-11)14(22)21-13-6-4-12(5-7-13)16(17,18)19/h2-10H,1H3,(H,21,22)/t10-/m0/s1. The molecule has 0 aliphatic carbocycles. The number of pyridine rings is 1. The number of hydrogen-bond donors (Lipinski definition) is 1. The van der Waals surface area contributed by atoms with Gasteiger partial charge in [0, 0.05) is 18.1 Å². The molecule has 126 valence electrons. The summed E-state index contributed by atoms with van der Waals surface area (Å²) in [6, 6.07) is 6.97. The van der Waals surface area contributed by atoms with Crippen LogP contribution in [0.5, 0.6) is 0 Å². The van der Waals surface area contributed by atoms with Crippen LogP contribution >= 0.6 is 0 Å². The van der Waals surface area contributed by atoms with Gasteiger partial charge >= 0.3 is 12.1 Å². The number of ether oxygens (including phenoxy) is 1. The van der Waals surface area contributed by atoms with Crippen LogP contribution in [0.2, 0.25) is 0 Å². The van der Waals surface area contributed by atoms with Crippen LogP contribution in [0.25, 0.3) is 0 Å². The van der Waals surface area contributed by atoms with Crippen molar-refractivity contribution >= 4 is 17.6 Å². The first kappa shape index (κ1) is 17.5. The van der Waals surface area contributed by atoms with E-state index < -0.39 is 29.7 Å². The van der Waals surface area contributed by atoms with Crippen LogP contribution in [-0.4, -0.2) is 23.0 Å². The second-order valence-electron chi connectivity index (χ2n) is 4.85. The van der Waals surface area contributed by atoms with E-state index in [9.17, 15) is 22.8 Å². The third kappa shape index (κ3) is 4.55. The van der Waals surface area contributed by atoms with Gasteiger partial charge in [0.05, 0.1) is 11.1 Å². The van der Waals surface area contributed by atoms with Gasteiger partial charge in [-0.15, -0.1) is 0 Å². The summed E-state index contributed by atoms with van der Waals surface area (Å²) >= 11 is 0. The predicted octanol–water partition coefficient (Wildman–Crippen LogP) is 3.28. The molecule has 1 amide bonds. The number of carbonyl (C=O) groups is 2. The topological polar surface area (TPSA) is 68.3 Å². The predicted molar refractivity (Wildman–Crippen MR) is 79.2 cm³/mol. The molecule has 0 aliphatic heterocycles. The van der Waals surface area contributed by atoms with E-state index in [1.807, 2.05) is 0 Å². The maximum Gasteiger partial charge on any atom is 0.416 e. The lowest BCUT2D eigenvalue weighted by Gasteiger charge is -2.14. The Morgan fingerprint density at radius 2 is 1.83 bits per heavy atom. The highest BCUT2D eigenvalue weighted by Gasteiger charge is 2.30. The van der Waals surface area contributed by atoms with Crippen LogP contribution in [-0.2, 0) is 15.7 Å². The van der Waals surface area contributed by atoms with E-state index in [-0.39, 0.29) is 11.3 Å². The largest absolute Gasteiger partial charge is 0.449 e. The Balaban J connectivity index is 1.95. The first-order chi connectivity index (χ1) is 11.3. The van der Waals surface area contributed by atoms with Crippen LogP contribution in [0.4, 0.5) is 18.9 Å². The summed E-state index contributed by atoms with van der Waals surface area (Å²) in [5, 5.41) is 2.38. The molecule has 1 N–H and O–H groups in total. The Hall–Kier alpha value is -2.90. The van der Waals surface area contributed by atoms with Gasteiger partial charge in [0.2, 0.25) is 0 Å². The molecule has 2 rings (SSSR count). The third-order valence-corrected chi connectivity index (χ3v) is 3.03. The Kier molecular flexibility index (Phi) is 5.18. The second-order valence-corrected chi connectivity index (χ2v) is 4.85. The average Bonchev–Trinajstić information content (AvgIpc) is 2.55. The molecule has 8 heteroatoms. The highest BCUT2D eigenvalue weighted by Crippen LogP contribution is 2.29. The number of rotatable bonds is 4. The minimum absolute atomic E-state index is 0.164. The Labute approximate surface area is 135 Å². The molecular formula is C16H13F3N2O3. The summed E-state index contributed by atoms with van der Waals surface area (Å²) in [6.45, 7) is 1.35. The minimum Gasteiger partial charge on any atom is -0.449 e. The van der Waals surface area contributed by atoms with E-state index in [1.165, 1.54) is 25.4 Å². The summed E-state index contributed by atoms with van der Waals surface area (Å²) in [5.41, 5.74) is -0.472. The van der Waals surface area contributed by atoms with E-state index in [2.05, 4.69) is 10.3 Å². The van der Waals surface area contributed by atoms with Crippen LogP contribution in [0.15, 0.2) is 48.8 Å². The fourth-order valence-corrected chi connectivity index (χ4v) is 1.75. The maximum absolute atomic E-state index is 12.5. The number of halogens is 3. The fourth-order valence-electron chi connectivity index (χ4n) is 1.75. The minimum atomic E-state index is -4.45. The fraction of sp³-hybridized carbons (Fsp3) is 0.188. The van der Waals surface area contributed by atoms with E-state index in [0.717, 1.165) is 24.3 Å². The Bertz CT molecular complexity index is 716. The van der Waals surface area contributed by atoms with Gasteiger partial charge in [-0.1, -0.05) is 0 Å². The molecule has 0 radical (unpaired) electrons. The second kappa shape index (κ2) is 7.12. The molecular weight excluding hydrogens is 325 g/mol. The van der Waals surface area contributed by atoms with E-state index in [4.69, 9.17) is 4.74 Å². The molecule has 24 heavy (non-hydrogen) atoms. The Morgan fingerprint density at radius 3 is 2.38 bits per heavy atom. The molecule has 1 aromatic heterocycles. The number of nitrogens with zero attached hydrogens (tertiary/aromatic N) is 1. The summed E-state index contributed by atoms with van der Waals surface area (Å²) in [4.78, 5) is 27.5. The van der Waals surface area contributed by atoms with Gasteiger partial charge in [0.25, 0.3) is 5.91 Å². The third-order valence-electron chi connectivity index (χ3n) is 3.03. The molecule has 0 saturated carbocycles. The van der Waals surface area contributed by atoms with E-state index >= 15 is 0 Å². The number of esters is 1. The van der Waals surface area contributed by atoms with Crippen molar-refractivity contribution in [2.75, 3.05) is 5.32 Å². The number of alkyl halides is 3. The molecule has 2 aromatic rings. The number of nitrogens with one attached hydrogen (secondary N) is 1. The monoisotopic (exact) mass is 338 g/mol. The van der Waals surface area contributed by atoms with Crippen molar-refractivity contribution in [3.8, 4) is 0 Å². The van der Waals surface area contributed by atoms with Crippen LogP contribution in [0.3, 0.4) is 0 Å². The number of aromatic nitrogens is 1. The van der Waals surface area contributed by atoms with Crippen molar-refractivity contribution in [1.82, 2.24) is 4.98 Å². The smallest absolute Gasteiger partial charge is 0.416 e. The molecule has 1 atom stereocenters. The zero-order valence-electron chi connectivity index (χ0n) is 12.5. The van der Waals surface area contributed by atoms with Crippen molar-refractivity contribution in [3.63, 3.8) is 0 Å². The molecule has 0 unspecified atom stereocenters. The number of amides is 1. The highest BCUT2D eigenvalue weighted by molar-refractivity contribution is 5.97. The lowest BCUT2D eigenvalue weighted by molar-refractivity contribution is -0.137. The molecule has 0 aliphatic rings. The summed E-state index contributed by atoms with van der Waals surface area (Å²) in [7, 11) is 0. The van der Waals surface area contributed by atoms with Crippen molar-refractivity contribution < 1.29 is 27.5 Å². The maximum atomic E-state index is 12.5. The van der Waals surface area contributed by atoms with Gasteiger partial charge < -0.3 is 10.1 Å². The number of benzene rings is 1. The summed E-state index contributed by atoms with van der Waals surface area (Å²) in [6.07, 6.45) is -2.80. The van der Waals surface area contributed by atoms with Gasteiger partial charge in [-0.3, -0.25) is 9.78 Å². The summed E-state index contributed by atoms with van der Waals surface area (Å²) in [5.74, 6) is -1.38. The highest BCUT2D eigenvalue weighted by atomic mass is 19.4. The molecule has 0 fully saturated rings. The zero-order valence-corrected chi connectivity index (χ0v) is 12.5. The lowest BCUT2D eigenvalue weighted by Crippen LogP contribution is -2.30. The van der Waals surface area contributed by atoms with Crippen LogP contribution < -0.4 is 5.32 Å². The Morgan fingerprint density at radius 1 is 1.17 bits per heavy atom. The van der Waals surface area contributed by atoms with Gasteiger partial charge in [-0.05, 0) is 43.3 Å². The van der Waals surface area contributed by atoms with Gasteiger partial charge in [-0.2, -0.15) is 13.2 Å².